The van der Waals surface area contributed by atoms with E-state index in [0.717, 1.165) is 0 Å². The van der Waals surface area contributed by atoms with Gasteiger partial charge in [-0.3, -0.25) is 9.59 Å². The molecule has 3 atom stereocenters. The fraction of sp³-hybridized carbons (Fsp3) is 0.467. The molecular weight excluding hydrogens is 261 g/mol. The average molecular weight is 279 g/mol. The molecule has 0 radical (unpaired) electrons. The van der Waals surface area contributed by atoms with Crippen LogP contribution in [0.2, 0.25) is 0 Å². The van der Waals surface area contributed by atoms with Crippen LogP contribution in [0.3, 0.4) is 0 Å². The normalized spacial score (nSPS) is 26.7. The average Bonchev–Trinajstić information content (AvgIpc) is 2.32. The number of carbonyl (C=O) groups excluding carboxylic acids is 1. The molecular formula is C15H18FNO3. The number of benzene rings is 1. The van der Waals surface area contributed by atoms with Gasteiger partial charge in [-0.25, -0.2) is 4.39 Å². The van der Waals surface area contributed by atoms with Gasteiger partial charge in [0.1, 0.15) is 5.82 Å². The van der Waals surface area contributed by atoms with E-state index in [1.165, 1.54) is 11.0 Å². The number of carboxylic acid groups (broad SMARTS) is 1. The van der Waals surface area contributed by atoms with E-state index in [-0.39, 0.29) is 18.2 Å². The number of hydrogen-bond donors (Lipinski definition) is 1. The van der Waals surface area contributed by atoms with Gasteiger partial charge >= 0.3 is 5.97 Å². The molecule has 1 aliphatic rings. The van der Waals surface area contributed by atoms with Crippen LogP contribution in [0.1, 0.15) is 25.8 Å². The second-order valence-corrected chi connectivity index (χ2v) is 5.48. The molecule has 1 fully saturated rings. The first kappa shape index (κ1) is 14.5. The van der Waals surface area contributed by atoms with E-state index in [2.05, 4.69) is 0 Å². The molecule has 1 aliphatic heterocycles. The summed E-state index contributed by atoms with van der Waals surface area (Å²) in [5.41, 5.74) is 0.915. The van der Waals surface area contributed by atoms with Gasteiger partial charge in [0.25, 0.3) is 0 Å². The van der Waals surface area contributed by atoms with E-state index in [0.29, 0.717) is 11.3 Å². The van der Waals surface area contributed by atoms with Crippen LogP contribution in [0.25, 0.3) is 0 Å². The highest BCUT2D eigenvalue weighted by molar-refractivity contribution is 5.96. The van der Waals surface area contributed by atoms with Crippen molar-refractivity contribution < 1.29 is 19.1 Å². The molecule has 1 aromatic rings. The topological polar surface area (TPSA) is 57.6 Å². The van der Waals surface area contributed by atoms with Crippen molar-refractivity contribution in [3.8, 4) is 0 Å². The monoisotopic (exact) mass is 279 g/mol. The minimum atomic E-state index is -0.921. The van der Waals surface area contributed by atoms with Crippen LogP contribution in [0.4, 0.5) is 10.1 Å². The molecule has 1 saturated heterocycles. The number of amides is 1. The maximum atomic E-state index is 13.7. The number of hydrogen-bond acceptors (Lipinski definition) is 2. The zero-order valence-electron chi connectivity index (χ0n) is 11.8. The largest absolute Gasteiger partial charge is 0.481 e. The van der Waals surface area contributed by atoms with Crippen molar-refractivity contribution in [3.05, 3.63) is 29.6 Å². The summed E-state index contributed by atoms with van der Waals surface area (Å²) in [5.74, 6) is -2.34. The third-order valence-electron chi connectivity index (χ3n) is 4.02. The molecule has 2 rings (SSSR count). The van der Waals surface area contributed by atoms with Crippen LogP contribution in [-0.2, 0) is 9.59 Å². The molecule has 3 unspecified atom stereocenters. The molecule has 108 valence electrons. The lowest BCUT2D eigenvalue weighted by Gasteiger charge is -2.40. The molecule has 0 bridgehead atoms. The number of halogens is 1. The van der Waals surface area contributed by atoms with Crippen molar-refractivity contribution in [2.75, 3.05) is 4.90 Å². The first-order valence-electron chi connectivity index (χ1n) is 6.64. The second kappa shape index (κ2) is 5.23. The van der Waals surface area contributed by atoms with Crippen molar-refractivity contribution in [1.82, 2.24) is 0 Å². The number of rotatable bonds is 2. The number of piperidine rings is 1. The Morgan fingerprint density at radius 3 is 2.60 bits per heavy atom. The van der Waals surface area contributed by atoms with E-state index in [1.54, 1.807) is 32.9 Å². The van der Waals surface area contributed by atoms with E-state index >= 15 is 0 Å². The maximum absolute atomic E-state index is 13.7. The van der Waals surface area contributed by atoms with Gasteiger partial charge in [0, 0.05) is 18.2 Å². The van der Waals surface area contributed by atoms with Crippen LogP contribution >= 0.6 is 0 Å². The van der Waals surface area contributed by atoms with Crippen LogP contribution in [0.15, 0.2) is 18.2 Å². The SMILES string of the molecule is Cc1ccc(N2C(=O)CC(C)C(C(=O)O)C2C)cc1F. The highest BCUT2D eigenvalue weighted by atomic mass is 19.1. The minimum absolute atomic E-state index is 0.161. The van der Waals surface area contributed by atoms with Crippen molar-refractivity contribution in [3.63, 3.8) is 0 Å². The lowest BCUT2D eigenvalue weighted by Crippen LogP contribution is -2.53. The Morgan fingerprint density at radius 1 is 1.40 bits per heavy atom. The van der Waals surface area contributed by atoms with Gasteiger partial charge in [0.05, 0.1) is 5.92 Å². The number of anilines is 1. The van der Waals surface area contributed by atoms with Crippen LogP contribution in [0, 0.1) is 24.6 Å². The summed E-state index contributed by atoms with van der Waals surface area (Å²) in [4.78, 5) is 25.0. The third kappa shape index (κ3) is 2.40. The summed E-state index contributed by atoms with van der Waals surface area (Å²) >= 11 is 0. The third-order valence-corrected chi connectivity index (χ3v) is 4.02. The number of nitrogens with zero attached hydrogens (tertiary/aromatic N) is 1. The van der Waals surface area contributed by atoms with Crippen LogP contribution in [0.5, 0.6) is 0 Å². The van der Waals surface area contributed by atoms with Crippen molar-refractivity contribution in [2.24, 2.45) is 11.8 Å². The molecule has 4 nitrogen and oxygen atoms in total. The molecule has 1 amide bonds. The standard InChI is InChI=1S/C15H18FNO3/c1-8-4-5-11(7-12(8)16)17-10(3)14(15(19)20)9(2)6-13(17)18/h4-5,7,9-10,14H,6H2,1-3H3,(H,19,20). The Kier molecular flexibility index (Phi) is 3.79. The zero-order chi connectivity index (χ0) is 15.0. The Hall–Kier alpha value is -1.91. The molecule has 20 heavy (non-hydrogen) atoms. The van der Waals surface area contributed by atoms with Gasteiger partial charge in [-0.05, 0) is 37.5 Å². The predicted octanol–water partition coefficient (Wildman–Crippen LogP) is 2.60. The molecule has 1 aromatic carbocycles. The van der Waals surface area contributed by atoms with Crippen LogP contribution < -0.4 is 4.90 Å². The van der Waals surface area contributed by atoms with Gasteiger partial charge in [-0.2, -0.15) is 0 Å². The first-order valence-corrected chi connectivity index (χ1v) is 6.64. The fourth-order valence-electron chi connectivity index (χ4n) is 2.92. The lowest BCUT2D eigenvalue weighted by atomic mass is 9.80. The predicted molar refractivity (Wildman–Crippen MR) is 73.0 cm³/mol. The summed E-state index contributed by atoms with van der Waals surface area (Å²) < 4.78 is 13.7. The van der Waals surface area contributed by atoms with Crippen molar-refractivity contribution >= 4 is 17.6 Å². The molecule has 0 saturated carbocycles. The van der Waals surface area contributed by atoms with Gasteiger partial charge in [0.2, 0.25) is 5.91 Å². The van der Waals surface area contributed by atoms with E-state index in [4.69, 9.17) is 0 Å². The second-order valence-electron chi connectivity index (χ2n) is 5.48. The minimum Gasteiger partial charge on any atom is -0.481 e. The fourth-order valence-corrected chi connectivity index (χ4v) is 2.92. The summed E-state index contributed by atoms with van der Waals surface area (Å²) in [7, 11) is 0. The van der Waals surface area contributed by atoms with Crippen molar-refractivity contribution in [2.45, 2.75) is 33.2 Å². The molecule has 0 aromatic heterocycles. The first-order chi connectivity index (χ1) is 9.32. The number of aryl methyl sites for hydroxylation is 1. The highest BCUT2D eigenvalue weighted by Gasteiger charge is 2.42. The van der Waals surface area contributed by atoms with Crippen molar-refractivity contribution in [1.29, 1.82) is 0 Å². The van der Waals surface area contributed by atoms with E-state index in [9.17, 15) is 19.1 Å². The Morgan fingerprint density at radius 2 is 2.05 bits per heavy atom. The van der Waals surface area contributed by atoms with Gasteiger partial charge in [0.15, 0.2) is 0 Å². The molecule has 5 heteroatoms. The lowest BCUT2D eigenvalue weighted by molar-refractivity contribution is -0.146. The maximum Gasteiger partial charge on any atom is 0.308 e. The smallest absolute Gasteiger partial charge is 0.308 e. The van der Waals surface area contributed by atoms with E-state index < -0.39 is 23.7 Å². The molecule has 1 N–H and O–H groups in total. The Bertz CT molecular complexity index is 558. The number of carboxylic acids is 1. The summed E-state index contributed by atoms with van der Waals surface area (Å²) in [6.07, 6.45) is 0.163. The Balaban J connectivity index is 2.40. The molecule has 0 aliphatic carbocycles. The molecule has 0 spiro atoms. The summed E-state index contributed by atoms with van der Waals surface area (Å²) in [6, 6.07) is 4.05. The van der Waals surface area contributed by atoms with Gasteiger partial charge in [-0.1, -0.05) is 13.0 Å². The summed E-state index contributed by atoms with van der Waals surface area (Å²) in [6.45, 7) is 5.10. The number of aliphatic carboxylic acids is 1. The quantitative estimate of drug-likeness (QED) is 0.905. The van der Waals surface area contributed by atoms with Gasteiger partial charge in [-0.15, -0.1) is 0 Å². The summed E-state index contributed by atoms with van der Waals surface area (Å²) in [5, 5.41) is 9.32. The molecule has 1 heterocycles. The van der Waals surface area contributed by atoms with Crippen LogP contribution in [-0.4, -0.2) is 23.0 Å². The zero-order valence-corrected chi connectivity index (χ0v) is 11.8. The van der Waals surface area contributed by atoms with E-state index in [1.807, 2.05) is 0 Å². The Labute approximate surface area is 117 Å². The van der Waals surface area contributed by atoms with Gasteiger partial charge < -0.3 is 10.0 Å². The number of carbonyl (C=O) groups is 2. The highest BCUT2D eigenvalue weighted by Crippen LogP contribution is 2.34.